The minimum Gasteiger partial charge on any atom is -0.366 e. The van der Waals surface area contributed by atoms with Crippen LogP contribution in [0.15, 0.2) is 24.3 Å². The first-order valence-corrected chi connectivity index (χ1v) is 6.27. The van der Waals surface area contributed by atoms with E-state index in [9.17, 15) is 0 Å². The van der Waals surface area contributed by atoms with Crippen LogP contribution in [-0.4, -0.2) is 12.1 Å². The lowest BCUT2D eigenvalue weighted by Gasteiger charge is -2.45. The Labute approximate surface area is 104 Å². The molecule has 0 spiro atoms. The van der Waals surface area contributed by atoms with E-state index in [0.29, 0.717) is 0 Å². The lowest BCUT2D eigenvalue weighted by molar-refractivity contribution is 0.315. The highest BCUT2D eigenvalue weighted by molar-refractivity contribution is 5.50. The van der Waals surface area contributed by atoms with Gasteiger partial charge in [-0.2, -0.15) is 5.26 Å². The van der Waals surface area contributed by atoms with E-state index in [1.807, 2.05) is 0 Å². The summed E-state index contributed by atoms with van der Waals surface area (Å²) < 4.78 is 0. The summed E-state index contributed by atoms with van der Waals surface area (Å²) in [5.41, 5.74) is 2.64. The quantitative estimate of drug-likeness (QED) is 0.735. The van der Waals surface area contributed by atoms with E-state index in [1.165, 1.54) is 11.3 Å². The zero-order chi connectivity index (χ0) is 12.5. The fourth-order valence-electron chi connectivity index (χ4n) is 2.72. The highest BCUT2D eigenvalue weighted by Crippen LogP contribution is 2.35. The Morgan fingerprint density at radius 3 is 2.47 bits per heavy atom. The van der Waals surface area contributed by atoms with E-state index in [0.717, 1.165) is 19.4 Å². The second-order valence-corrected chi connectivity index (χ2v) is 5.62. The maximum Gasteiger partial charge on any atom is 0.0657 e. The predicted octanol–water partition coefficient (Wildman–Crippen LogP) is 3.51. The maximum atomic E-state index is 9.05. The number of nitrogens with zero attached hydrogens (tertiary/aromatic N) is 2. The molecule has 2 heteroatoms. The van der Waals surface area contributed by atoms with Gasteiger partial charge in [0.25, 0.3) is 0 Å². The standard InChI is InChI=1S/C15H20N2/c1-12-4-6-14(7-5-12)17-9-8-13(11-16)10-15(17,2)3/h4-7,13H,8-10H2,1-3H3. The first-order chi connectivity index (χ1) is 8.03. The van der Waals surface area contributed by atoms with Crippen LogP contribution in [0.1, 0.15) is 32.3 Å². The molecule has 0 aliphatic carbocycles. The molecular weight excluding hydrogens is 208 g/mol. The maximum absolute atomic E-state index is 9.05. The van der Waals surface area contributed by atoms with Crippen molar-refractivity contribution in [2.75, 3.05) is 11.4 Å². The molecule has 0 amide bonds. The number of rotatable bonds is 1. The Bertz CT molecular complexity index is 425. The predicted molar refractivity (Wildman–Crippen MR) is 70.9 cm³/mol. The highest BCUT2D eigenvalue weighted by Gasteiger charge is 2.34. The normalized spacial score (nSPS) is 23.2. The Kier molecular flexibility index (Phi) is 3.11. The molecule has 1 aliphatic rings. The van der Waals surface area contributed by atoms with Gasteiger partial charge in [0.15, 0.2) is 0 Å². The summed E-state index contributed by atoms with van der Waals surface area (Å²) in [4.78, 5) is 2.43. The van der Waals surface area contributed by atoms with E-state index in [-0.39, 0.29) is 11.5 Å². The number of hydrogen-bond acceptors (Lipinski definition) is 2. The zero-order valence-electron chi connectivity index (χ0n) is 10.9. The van der Waals surface area contributed by atoms with Crippen molar-refractivity contribution in [3.05, 3.63) is 29.8 Å². The lowest BCUT2D eigenvalue weighted by atomic mass is 9.83. The van der Waals surface area contributed by atoms with Crippen LogP contribution in [0.2, 0.25) is 0 Å². The summed E-state index contributed by atoms with van der Waals surface area (Å²) in [6.45, 7) is 7.55. The first kappa shape index (κ1) is 12.0. The molecule has 1 saturated heterocycles. The van der Waals surface area contributed by atoms with E-state index < -0.39 is 0 Å². The summed E-state index contributed by atoms with van der Waals surface area (Å²) in [6.07, 6.45) is 1.94. The number of aryl methyl sites for hydroxylation is 1. The van der Waals surface area contributed by atoms with Crippen molar-refractivity contribution in [2.24, 2.45) is 5.92 Å². The van der Waals surface area contributed by atoms with Crippen molar-refractivity contribution in [2.45, 2.75) is 39.2 Å². The van der Waals surface area contributed by atoms with Crippen LogP contribution in [0.3, 0.4) is 0 Å². The summed E-state index contributed by atoms with van der Waals surface area (Å²) in [7, 11) is 0. The van der Waals surface area contributed by atoms with Gasteiger partial charge in [-0.3, -0.25) is 0 Å². The molecule has 90 valence electrons. The van der Waals surface area contributed by atoms with Crippen LogP contribution in [0, 0.1) is 24.2 Å². The third-order valence-electron chi connectivity index (χ3n) is 3.71. The molecule has 1 unspecified atom stereocenters. The van der Waals surface area contributed by atoms with Gasteiger partial charge < -0.3 is 4.90 Å². The molecule has 17 heavy (non-hydrogen) atoms. The molecule has 2 rings (SSSR count). The Hall–Kier alpha value is -1.49. The Morgan fingerprint density at radius 1 is 1.29 bits per heavy atom. The van der Waals surface area contributed by atoms with Crippen molar-refractivity contribution in [3.8, 4) is 6.07 Å². The van der Waals surface area contributed by atoms with Gasteiger partial charge in [0.1, 0.15) is 0 Å². The Morgan fingerprint density at radius 2 is 1.94 bits per heavy atom. The molecule has 0 bridgehead atoms. The molecule has 0 N–H and O–H groups in total. The van der Waals surface area contributed by atoms with Crippen LogP contribution in [0.5, 0.6) is 0 Å². The van der Waals surface area contributed by atoms with E-state index in [1.54, 1.807) is 0 Å². The van der Waals surface area contributed by atoms with E-state index in [4.69, 9.17) is 5.26 Å². The average molecular weight is 228 g/mol. The number of anilines is 1. The van der Waals surface area contributed by atoms with Crippen LogP contribution in [0.25, 0.3) is 0 Å². The second-order valence-electron chi connectivity index (χ2n) is 5.62. The molecule has 1 aromatic rings. The fraction of sp³-hybridized carbons (Fsp3) is 0.533. The lowest BCUT2D eigenvalue weighted by Crippen LogP contribution is -2.50. The summed E-state index contributed by atoms with van der Waals surface area (Å²) in [5.74, 6) is 0.215. The number of nitriles is 1. The van der Waals surface area contributed by atoms with Gasteiger partial charge >= 0.3 is 0 Å². The van der Waals surface area contributed by atoms with Gasteiger partial charge in [0.2, 0.25) is 0 Å². The molecule has 2 nitrogen and oxygen atoms in total. The first-order valence-electron chi connectivity index (χ1n) is 6.27. The monoisotopic (exact) mass is 228 g/mol. The summed E-state index contributed by atoms with van der Waals surface area (Å²) in [6, 6.07) is 11.1. The zero-order valence-corrected chi connectivity index (χ0v) is 10.9. The van der Waals surface area contributed by atoms with Crippen molar-refractivity contribution in [3.63, 3.8) is 0 Å². The summed E-state index contributed by atoms with van der Waals surface area (Å²) >= 11 is 0. The number of benzene rings is 1. The smallest absolute Gasteiger partial charge is 0.0657 e. The minimum absolute atomic E-state index is 0.0773. The third-order valence-corrected chi connectivity index (χ3v) is 3.71. The van der Waals surface area contributed by atoms with Gasteiger partial charge in [-0.15, -0.1) is 0 Å². The van der Waals surface area contributed by atoms with Crippen molar-refractivity contribution in [1.29, 1.82) is 5.26 Å². The molecular formula is C15H20N2. The molecule has 1 fully saturated rings. The topological polar surface area (TPSA) is 27.0 Å². The van der Waals surface area contributed by atoms with E-state index >= 15 is 0 Å². The van der Waals surface area contributed by atoms with Crippen LogP contribution in [0.4, 0.5) is 5.69 Å². The molecule has 1 aromatic carbocycles. The average Bonchev–Trinajstić information content (AvgIpc) is 2.29. The van der Waals surface area contributed by atoms with Gasteiger partial charge in [0, 0.05) is 17.8 Å². The summed E-state index contributed by atoms with van der Waals surface area (Å²) in [5, 5.41) is 9.05. The van der Waals surface area contributed by atoms with Gasteiger partial charge in [-0.25, -0.2) is 0 Å². The molecule has 0 radical (unpaired) electrons. The van der Waals surface area contributed by atoms with Gasteiger partial charge in [-0.1, -0.05) is 17.7 Å². The van der Waals surface area contributed by atoms with E-state index in [2.05, 4.69) is 56.0 Å². The van der Waals surface area contributed by atoms with Crippen molar-refractivity contribution < 1.29 is 0 Å². The van der Waals surface area contributed by atoms with Crippen LogP contribution >= 0.6 is 0 Å². The van der Waals surface area contributed by atoms with Crippen molar-refractivity contribution in [1.82, 2.24) is 0 Å². The highest BCUT2D eigenvalue weighted by atomic mass is 15.2. The van der Waals surface area contributed by atoms with Crippen LogP contribution in [-0.2, 0) is 0 Å². The van der Waals surface area contributed by atoms with Gasteiger partial charge in [-0.05, 0) is 45.7 Å². The third kappa shape index (κ3) is 2.44. The molecule has 1 aliphatic heterocycles. The number of piperidine rings is 1. The van der Waals surface area contributed by atoms with Gasteiger partial charge in [0.05, 0.1) is 12.0 Å². The molecule has 1 atom stereocenters. The fourth-order valence-corrected chi connectivity index (χ4v) is 2.72. The molecule has 0 saturated carbocycles. The molecule has 1 heterocycles. The molecule has 0 aromatic heterocycles. The SMILES string of the molecule is Cc1ccc(N2CCC(C#N)CC2(C)C)cc1. The largest absolute Gasteiger partial charge is 0.366 e. The second kappa shape index (κ2) is 4.41. The van der Waals surface area contributed by atoms with Crippen molar-refractivity contribution >= 4 is 5.69 Å². The minimum atomic E-state index is 0.0773. The Balaban J connectivity index is 2.22. The number of hydrogen-bond donors (Lipinski definition) is 0. The van der Waals surface area contributed by atoms with Crippen LogP contribution < -0.4 is 4.90 Å².